The Morgan fingerprint density at radius 1 is 1.23 bits per heavy atom. The van der Waals surface area contributed by atoms with Gasteiger partial charge in [-0.2, -0.15) is 5.10 Å². The number of methoxy groups -OCH3 is 1. The highest BCUT2D eigenvalue weighted by Crippen LogP contribution is 2.17. The van der Waals surface area contributed by atoms with Crippen LogP contribution in [0.15, 0.2) is 47.1 Å². The molecule has 0 fully saturated rings. The Morgan fingerprint density at radius 2 is 2.03 bits per heavy atom. The molecule has 0 spiro atoms. The molecule has 0 aliphatic heterocycles. The highest BCUT2D eigenvalue weighted by molar-refractivity contribution is 6.30. The second-order valence-corrected chi connectivity index (χ2v) is 6.86. The lowest BCUT2D eigenvalue weighted by molar-refractivity contribution is -0.140. The largest absolute Gasteiger partial charge is 0.469 e. The van der Waals surface area contributed by atoms with E-state index in [1.165, 1.54) is 30.3 Å². The topological polar surface area (TPSA) is 77.6 Å². The number of carbonyl (C=O) groups excluding carboxylic acids is 2. The van der Waals surface area contributed by atoms with Crippen LogP contribution in [0, 0.1) is 11.6 Å². The minimum absolute atomic E-state index is 0.00923. The van der Waals surface area contributed by atoms with Gasteiger partial charge in [0.2, 0.25) is 0 Å². The highest BCUT2D eigenvalue weighted by Gasteiger charge is 2.21. The Kier molecular flexibility index (Phi) is 6.83. The molecule has 1 aromatic carbocycles. The summed E-state index contributed by atoms with van der Waals surface area (Å²) in [6, 6.07) is 6.47. The van der Waals surface area contributed by atoms with E-state index in [9.17, 15) is 18.4 Å². The summed E-state index contributed by atoms with van der Waals surface area (Å²) in [7, 11) is 1.24. The number of ether oxygens (including phenoxy) is 1. The Bertz CT molecular complexity index is 1050. The minimum atomic E-state index is -1.02. The fraction of sp³-hybridized carbons (Fsp3) is 0.250. The molecule has 3 aromatic rings. The van der Waals surface area contributed by atoms with E-state index in [1.54, 1.807) is 16.9 Å². The lowest BCUT2D eigenvalue weighted by atomic mass is 10.2. The van der Waals surface area contributed by atoms with Gasteiger partial charge in [-0.25, -0.2) is 8.78 Å². The van der Waals surface area contributed by atoms with Gasteiger partial charge in [0, 0.05) is 19.3 Å². The van der Waals surface area contributed by atoms with E-state index in [4.69, 9.17) is 16.0 Å². The molecule has 0 bridgehead atoms. The lowest BCUT2D eigenvalue weighted by Gasteiger charge is -2.21. The summed E-state index contributed by atoms with van der Waals surface area (Å²) in [5.74, 6) is -2.51. The maximum absolute atomic E-state index is 13.5. The molecule has 0 aliphatic carbocycles. The average molecular weight is 438 g/mol. The van der Waals surface area contributed by atoms with Crippen molar-refractivity contribution in [2.24, 2.45) is 0 Å². The second-order valence-electron chi connectivity index (χ2n) is 6.42. The molecule has 0 N–H and O–H groups in total. The number of halogens is 3. The fourth-order valence-corrected chi connectivity index (χ4v) is 2.91. The number of amides is 1. The van der Waals surface area contributed by atoms with Crippen LogP contribution < -0.4 is 0 Å². The molecule has 10 heteroatoms. The van der Waals surface area contributed by atoms with E-state index in [0.29, 0.717) is 16.3 Å². The van der Waals surface area contributed by atoms with Gasteiger partial charge in [0.05, 0.1) is 31.3 Å². The van der Waals surface area contributed by atoms with Crippen LogP contribution in [0.2, 0.25) is 5.02 Å². The van der Waals surface area contributed by atoms with Crippen LogP contribution in [0.5, 0.6) is 0 Å². The number of aromatic nitrogens is 2. The van der Waals surface area contributed by atoms with Crippen LogP contribution in [-0.2, 0) is 22.6 Å². The molecule has 158 valence electrons. The summed E-state index contributed by atoms with van der Waals surface area (Å²) in [6.45, 7) is 0.235. The smallest absolute Gasteiger partial charge is 0.307 e. The van der Waals surface area contributed by atoms with Crippen molar-refractivity contribution in [3.63, 3.8) is 0 Å². The molecule has 1 amide bonds. The van der Waals surface area contributed by atoms with Gasteiger partial charge in [0.15, 0.2) is 17.4 Å². The summed E-state index contributed by atoms with van der Waals surface area (Å²) in [4.78, 5) is 25.8. The molecule has 7 nitrogen and oxygen atoms in total. The number of carbonyl (C=O) groups is 2. The summed E-state index contributed by atoms with van der Waals surface area (Å²) < 4.78 is 38.5. The van der Waals surface area contributed by atoms with Crippen molar-refractivity contribution in [1.82, 2.24) is 14.7 Å². The third-order valence-corrected chi connectivity index (χ3v) is 4.45. The monoisotopic (exact) mass is 437 g/mol. The van der Waals surface area contributed by atoms with Crippen LogP contribution in [0.4, 0.5) is 8.78 Å². The standard InChI is InChI=1S/C20H18ClF2N3O4/c1-29-19(27)6-7-25(10-13-2-4-16(22)17(23)8-13)20(28)18-5-3-15(30-18)12-26-11-14(21)9-24-26/h2-5,8-9,11H,6-7,10,12H2,1H3. The van der Waals surface area contributed by atoms with Crippen LogP contribution in [0.25, 0.3) is 0 Å². The normalized spacial score (nSPS) is 10.8. The number of rotatable bonds is 8. The lowest BCUT2D eigenvalue weighted by Crippen LogP contribution is -2.32. The molecule has 0 unspecified atom stereocenters. The molecule has 2 aromatic heterocycles. The number of esters is 1. The molecule has 0 aliphatic rings. The number of hydrogen-bond donors (Lipinski definition) is 0. The van der Waals surface area contributed by atoms with Crippen molar-refractivity contribution in [1.29, 1.82) is 0 Å². The van der Waals surface area contributed by atoms with Crippen molar-refractivity contribution in [2.45, 2.75) is 19.5 Å². The van der Waals surface area contributed by atoms with Gasteiger partial charge < -0.3 is 14.1 Å². The summed E-state index contributed by atoms with van der Waals surface area (Å²) in [5.41, 5.74) is 0.366. The minimum Gasteiger partial charge on any atom is -0.469 e. The van der Waals surface area contributed by atoms with Crippen LogP contribution in [-0.4, -0.2) is 40.2 Å². The number of hydrogen-bond acceptors (Lipinski definition) is 5. The Hall–Kier alpha value is -3.20. The molecule has 2 heterocycles. The molecule has 3 rings (SSSR count). The van der Waals surface area contributed by atoms with Crippen molar-refractivity contribution < 1.29 is 27.5 Å². The quantitative estimate of drug-likeness (QED) is 0.502. The SMILES string of the molecule is COC(=O)CCN(Cc1ccc(F)c(F)c1)C(=O)c1ccc(Cn2cc(Cl)cn2)o1. The van der Waals surface area contributed by atoms with Gasteiger partial charge >= 0.3 is 5.97 Å². The number of benzene rings is 1. The van der Waals surface area contributed by atoms with Crippen molar-refractivity contribution in [3.8, 4) is 0 Å². The van der Waals surface area contributed by atoms with Gasteiger partial charge in [0.1, 0.15) is 5.76 Å². The number of furan rings is 1. The van der Waals surface area contributed by atoms with Gasteiger partial charge in [-0.05, 0) is 29.8 Å². The van der Waals surface area contributed by atoms with Crippen molar-refractivity contribution >= 4 is 23.5 Å². The molecule has 0 atom stereocenters. The van der Waals surface area contributed by atoms with Crippen molar-refractivity contribution in [3.05, 3.63) is 76.5 Å². The van der Waals surface area contributed by atoms with Gasteiger partial charge in [-0.15, -0.1) is 0 Å². The number of nitrogens with zero attached hydrogens (tertiary/aromatic N) is 3. The van der Waals surface area contributed by atoms with Gasteiger partial charge in [-0.3, -0.25) is 14.3 Å². The zero-order valence-corrected chi connectivity index (χ0v) is 16.7. The Balaban J connectivity index is 1.76. The predicted molar refractivity (Wildman–Crippen MR) is 103 cm³/mol. The summed E-state index contributed by atoms with van der Waals surface area (Å²) in [5, 5.41) is 4.51. The van der Waals surface area contributed by atoms with E-state index in [1.807, 2.05) is 0 Å². The average Bonchev–Trinajstić information content (AvgIpc) is 3.36. The molecular weight excluding hydrogens is 420 g/mol. The van der Waals surface area contributed by atoms with Gasteiger partial charge in [0.25, 0.3) is 5.91 Å². The van der Waals surface area contributed by atoms with Crippen LogP contribution in [0.1, 0.15) is 28.3 Å². The van der Waals surface area contributed by atoms with Crippen LogP contribution in [0.3, 0.4) is 0 Å². The molecule has 0 saturated heterocycles. The summed E-state index contributed by atoms with van der Waals surface area (Å²) in [6.07, 6.45) is 3.02. The van der Waals surface area contributed by atoms with Crippen molar-refractivity contribution in [2.75, 3.05) is 13.7 Å². The summed E-state index contributed by atoms with van der Waals surface area (Å²) >= 11 is 5.83. The highest BCUT2D eigenvalue weighted by atomic mass is 35.5. The van der Waals surface area contributed by atoms with E-state index < -0.39 is 23.5 Å². The first-order chi connectivity index (χ1) is 14.4. The molecule has 0 radical (unpaired) electrons. The Morgan fingerprint density at radius 3 is 2.70 bits per heavy atom. The second kappa shape index (κ2) is 9.53. The van der Waals surface area contributed by atoms with Gasteiger partial charge in [-0.1, -0.05) is 17.7 Å². The zero-order chi connectivity index (χ0) is 21.7. The third-order valence-electron chi connectivity index (χ3n) is 4.25. The zero-order valence-electron chi connectivity index (χ0n) is 16.0. The third kappa shape index (κ3) is 5.44. The van der Waals surface area contributed by atoms with E-state index in [0.717, 1.165) is 12.1 Å². The molecule has 0 saturated carbocycles. The Labute approximate surface area is 175 Å². The van der Waals surface area contributed by atoms with E-state index in [-0.39, 0.29) is 31.8 Å². The maximum atomic E-state index is 13.5. The van der Waals surface area contributed by atoms with Crippen LogP contribution >= 0.6 is 11.6 Å². The first-order valence-corrected chi connectivity index (χ1v) is 9.30. The van der Waals surface area contributed by atoms with E-state index >= 15 is 0 Å². The fourth-order valence-electron chi connectivity index (χ4n) is 2.76. The molecular formula is C20H18ClF2N3O4. The predicted octanol–water partition coefficient (Wildman–Crippen LogP) is 3.66. The first kappa shape index (κ1) is 21.5. The first-order valence-electron chi connectivity index (χ1n) is 8.92. The molecule has 30 heavy (non-hydrogen) atoms. The van der Waals surface area contributed by atoms with E-state index in [2.05, 4.69) is 9.84 Å². The maximum Gasteiger partial charge on any atom is 0.307 e.